The molecular weight excluding hydrogens is 194 g/mol. The minimum absolute atomic E-state index is 0.144. The number of aliphatic hydroxyl groups excluding tert-OH is 2. The average Bonchev–Trinajstić information content (AvgIpc) is 2.71. The van der Waals surface area contributed by atoms with E-state index < -0.39 is 0 Å². The molecule has 1 aromatic heterocycles. The molecule has 5 heteroatoms. The third kappa shape index (κ3) is 4.92. The Kier molecular flexibility index (Phi) is 5.99. The Hall–Kier alpha value is -0.910. The Bertz CT molecular complexity index is 233. The molecule has 1 aromatic rings. The number of rotatable bonds is 8. The van der Waals surface area contributed by atoms with Gasteiger partial charge in [0, 0.05) is 38.6 Å². The van der Waals surface area contributed by atoms with Gasteiger partial charge >= 0.3 is 0 Å². The summed E-state index contributed by atoms with van der Waals surface area (Å²) in [6.45, 7) is 3.36. The molecule has 2 N–H and O–H groups in total. The number of hydrogen-bond acceptors (Lipinski definition) is 4. The molecule has 0 saturated carbocycles. The van der Waals surface area contributed by atoms with Crippen LogP contribution in [0.2, 0.25) is 0 Å². The molecule has 1 heterocycles. The topological polar surface area (TPSA) is 61.5 Å². The zero-order chi connectivity index (χ0) is 10.9. The Morgan fingerprint density at radius 1 is 1.13 bits per heavy atom. The summed E-state index contributed by atoms with van der Waals surface area (Å²) in [4.78, 5) is 6.01. The van der Waals surface area contributed by atoms with Crippen LogP contribution in [0.5, 0.6) is 0 Å². The lowest BCUT2D eigenvalue weighted by Gasteiger charge is -2.19. The number of nitrogens with zero attached hydrogens (tertiary/aromatic N) is 3. The highest BCUT2D eigenvalue weighted by molar-refractivity contribution is 4.74. The predicted molar refractivity (Wildman–Crippen MR) is 57.5 cm³/mol. The molecule has 0 atom stereocenters. The van der Waals surface area contributed by atoms with Crippen LogP contribution in [-0.2, 0) is 6.54 Å². The standard InChI is InChI=1S/C10H19N3O2/c14-8-6-12(7-9-15)3-1-4-13-5-2-11-10-13/h2,5,10,14-15H,1,3-4,6-9H2. The Labute approximate surface area is 90.0 Å². The van der Waals surface area contributed by atoms with E-state index in [2.05, 4.69) is 9.88 Å². The van der Waals surface area contributed by atoms with Crippen molar-refractivity contribution in [2.24, 2.45) is 0 Å². The van der Waals surface area contributed by atoms with Crippen LogP contribution in [0.4, 0.5) is 0 Å². The third-order valence-corrected chi connectivity index (χ3v) is 2.28. The fourth-order valence-corrected chi connectivity index (χ4v) is 1.51. The highest BCUT2D eigenvalue weighted by atomic mass is 16.3. The van der Waals surface area contributed by atoms with Crippen LogP contribution in [0.15, 0.2) is 18.7 Å². The summed E-state index contributed by atoms with van der Waals surface area (Å²) < 4.78 is 2.02. The maximum Gasteiger partial charge on any atom is 0.0945 e. The Balaban J connectivity index is 2.15. The van der Waals surface area contributed by atoms with Crippen molar-refractivity contribution in [1.82, 2.24) is 14.5 Å². The molecule has 0 aliphatic heterocycles. The van der Waals surface area contributed by atoms with Gasteiger partial charge in [0.25, 0.3) is 0 Å². The molecule has 1 rings (SSSR count). The minimum Gasteiger partial charge on any atom is -0.395 e. The van der Waals surface area contributed by atoms with Gasteiger partial charge in [0.1, 0.15) is 0 Å². The molecule has 0 unspecified atom stereocenters. The van der Waals surface area contributed by atoms with Crippen LogP contribution in [0.3, 0.4) is 0 Å². The van der Waals surface area contributed by atoms with Crippen LogP contribution in [0, 0.1) is 0 Å². The van der Waals surface area contributed by atoms with E-state index in [1.165, 1.54) is 0 Å². The molecule has 0 aliphatic carbocycles. The van der Waals surface area contributed by atoms with E-state index in [0.29, 0.717) is 13.1 Å². The van der Waals surface area contributed by atoms with E-state index in [1.807, 2.05) is 10.8 Å². The number of aryl methyl sites for hydroxylation is 1. The van der Waals surface area contributed by atoms with Gasteiger partial charge in [-0.2, -0.15) is 0 Å². The zero-order valence-corrected chi connectivity index (χ0v) is 8.92. The summed E-state index contributed by atoms with van der Waals surface area (Å²) in [6.07, 6.45) is 6.49. The van der Waals surface area contributed by atoms with E-state index in [-0.39, 0.29) is 13.2 Å². The summed E-state index contributed by atoms with van der Waals surface area (Å²) in [5.41, 5.74) is 0. The van der Waals surface area contributed by atoms with Crippen molar-refractivity contribution in [3.63, 3.8) is 0 Å². The van der Waals surface area contributed by atoms with Crippen molar-refractivity contribution in [2.45, 2.75) is 13.0 Å². The average molecular weight is 213 g/mol. The first-order valence-corrected chi connectivity index (χ1v) is 5.26. The second-order valence-electron chi connectivity index (χ2n) is 3.44. The first-order valence-electron chi connectivity index (χ1n) is 5.26. The summed E-state index contributed by atoms with van der Waals surface area (Å²) in [5, 5.41) is 17.6. The first-order chi connectivity index (χ1) is 7.36. The van der Waals surface area contributed by atoms with Gasteiger partial charge in [0.2, 0.25) is 0 Å². The summed E-state index contributed by atoms with van der Waals surface area (Å²) >= 11 is 0. The quantitative estimate of drug-likeness (QED) is 0.614. The van der Waals surface area contributed by atoms with Crippen molar-refractivity contribution in [3.8, 4) is 0 Å². The predicted octanol–water partition coefficient (Wildman–Crippen LogP) is -0.440. The monoisotopic (exact) mass is 213 g/mol. The molecular formula is C10H19N3O2. The fourth-order valence-electron chi connectivity index (χ4n) is 1.51. The van der Waals surface area contributed by atoms with Gasteiger partial charge in [0.15, 0.2) is 0 Å². The van der Waals surface area contributed by atoms with Crippen LogP contribution >= 0.6 is 0 Å². The van der Waals surface area contributed by atoms with Crippen LogP contribution in [0.25, 0.3) is 0 Å². The Morgan fingerprint density at radius 2 is 1.87 bits per heavy atom. The molecule has 0 saturated heterocycles. The van der Waals surface area contributed by atoms with Crippen LogP contribution in [0.1, 0.15) is 6.42 Å². The molecule has 0 amide bonds. The lowest BCUT2D eigenvalue weighted by Crippen LogP contribution is -2.31. The molecule has 0 bridgehead atoms. The Morgan fingerprint density at radius 3 is 2.40 bits per heavy atom. The van der Waals surface area contributed by atoms with Crippen LogP contribution < -0.4 is 0 Å². The van der Waals surface area contributed by atoms with E-state index in [9.17, 15) is 0 Å². The number of imidazole rings is 1. The van der Waals surface area contributed by atoms with Gasteiger partial charge in [-0.3, -0.25) is 4.90 Å². The van der Waals surface area contributed by atoms with E-state index in [0.717, 1.165) is 19.5 Å². The molecule has 0 spiro atoms. The maximum absolute atomic E-state index is 8.81. The first kappa shape index (κ1) is 12.2. The largest absolute Gasteiger partial charge is 0.395 e. The lowest BCUT2D eigenvalue weighted by molar-refractivity contribution is 0.158. The summed E-state index contributed by atoms with van der Waals surface area (Å²) in [6, 6.07) is 0. The van der Waals surface area contributed by atoms with E-state index in [1.54, 1.807) is 12.5 Å². The molecule has 0 aliphatic rings. The number of aromatic nitrogens is 2. The summed E-state index contributed by atoms with van der Waals surface area (Å²) in [7, 11) is 0. The molecule has 15 heavy (non-hydrogen) atoms. The van der Waals surface area contributed by atoms with Crippen LogP contribution in [-0.4, -0.2) is 57.5 Å². The van der Waals surface area contributed by atoms with Crippen molar-refractivity contribution < 1.29 is 10.2 Å². The van der Waals surface area contributed by atoms with Gasteiger partial charge < -0.3 is 14.8 Å². The van der Waals surface area contributed by atoms with Gasteiger partial charge in [0.05, 0.1) is 19.5 Å². The number of aliphatic hydroxyl groups is 2. The third-order valence-electron chi connectivity index (χ3n) is 2.28. The maximum atomic E-state index is 8.81. The van der Waals surface area contributed by atoms with Crippen molar-refractivity contribution in [3.05, 3.63) is 18.7 Å². The second kappa shape index (κ2) is 7.39. The van der Waals surface area contributed by atoms with Gasteiger partial charge in [-0.15, -0.1) is 0 Å². The minimum atomic E-state index is 0.144. The highest BCUT2D eigenvalue weighted by Gasteiger charge is 2.02. The van der Waals surface area contributed by atoms with E-state index in [4.69, 9.17) is 10.2 Å². The smallest absolute Gasteiger partial charge is 0.0945 e. The summed E-state index contributed by atoms with van der Waals surface area (Å²) in [5.74, 6) is 0. The van der Waals surface area contributed by atoms with E-state index >= 15 is 0 Å². The van der Waals surface area contributed by atoms with Gasteiger partial charge in [-0.25, -0.2) is 4.98 Å². The normalized spacial score (nSPS) is 11.1. The van der Waals surface area contributed by atoms with Gasteiger partial charge in [-0.05, 0) is 6.42 Å². The molecule has 86 valence electrons. The second-order valence-corrected chi connectivity index (χ2v) is 3.44. The van der Waals surface area contributed by atoms with Crippen molar-refractivity contribution in [1.29, 1.82) is 0 Å². The SMILES string of the molecule is OCCN(CCO)CCCn1ccnc1. The highest BCUT2D eigenvalue weighted by Crippen LogP contribution is 1.95. The van der Waals surface area contributed by atoms with Crippen molar-refractivity contribution in [2.75, 3.05) is 32.8 Å². The lowest BCUT2D eigenvalue weighted by atomic mass is 10.3. The zero-order valence-electron chi connectivity index (χ0n) is 8.92. The van der Waals surface area contributed by atoms with Crippen molar-refractivity contribution >= 4 is 0 Å². The molecule has 0 aromatic carbocycles. The van der Waals surface area contributed by atoms with Gasteiger partial charge in [-0.1, -0.05) is 0 Å². The molecule has 0 fully saturated rings. The molecule has 5 nitrogen and oxygen atoms in total. The fraction of sp³-hybridized carbons (Fsp3) is 0.700. The number of hydrogen-bond donors (Lipinski definition) is 2. The molecule has 0 radical (unpaired) electrons.